The lowest BCUT2D eigenvalue weighted by Crippen LogP contribution is -2.25. The first kappa shape index (κ1) is 18.3. The van der Waals surface area contributed by atoms with Gasteiger partial charge in [0.15, 0.2) is 23.3 Å². The fraction of sp³-hybridized carbons (Fsp3) is 0. The van der Waals surface area contributed by atoms with Crippen molar-refractivity contribution in [3.63, 3.8) is 0 Å². The summed E-state index contributed by atoms with van der Waals surface area (Å²) in [6.45, 7) is 13.3. The predicted octanol–water partition coefficient (Wildman–Crippen LogP) is 2.78. The first-order chi connectivity index (χ1) is 12.3. The van der Waals surface area contributed by atoms with Crippen molar-refractivity contribution in [1.82, 2.24) is 0 Å². The third-order valence-corrected chi connectivity index (χ3v) is 3.30. The van der Waals surface area contributed by atoms with E-state index in [4.69, 9.17) is 23.7 Å². The topological polar surface area (TPSA) is 56.3 Å². The predicted molar refractivity (Wildman–Crippen MR) is 74.2 cm³/mol. The maximum absolute atomic E-state index is 14.4. The molecule has 0 spiro atoms. The Morgan fingerprint density at radius 1 is 0.615 bits per heavy atom. The Hall–Kier alpha value is -4.02. The highest BCUT2D eigenvalue weighted by Gasteiger charge is 2.28. The highest BCUT2D eigenvalue weighted by molar-refractivity contribution is 5.88. The van der Waals surface area contributed by atoms with Crippen molar-refractivity contribution < 1.29 is 26.3 Å². The zero-order valence-corrected chi connectivity index (χ0v) is 12.1. The molecule has 0 fully saturated rings. The van der Waals surface area contributed by atoms with Crippen LogP contribution in [0.1, 0.15) is 0 Å². The summed E-state index contributed by atoms with van der Waals surface area (Å²) in [7, 11) is 0. The Balaban J connectivity index is 3.48. The highest BCUT2D eigenvalue weighted by atomic mass is 19.2. The van der Waals surface area contributed by atoms with Gasteiger partial charge in [-0.1, -0.05) is 0 Å². The molecule has 0 radical (unpaired) electrons. The first-order valence-corrected chi connectivity index (χ1v) is 6.23. The maximum Gasteiger partial charge on any atom is 0.274 e. The summed E-state index contributed by atoms with van der Waals surface area (Å²) in [4.78, 5) is 4.91. The van der Waals surface area contributed by atoms with Gasteiger partial charge in [-0.25, -0.2) is 46.6 Å². The molecule has 2 rings (SSSR count). The summed E-state index contributed by atoms with van der Waals surface area (Å²) >= 11 is 0. The fourth-order valence-electron chi connectivity index (χ4n) is 2.20. The van der Waals surface area contributed by atoms with Crippen LogP contribution in [-0.2, 0) is 0 Å². The quantitative estimate of drug-likeness (QED) is 0.411. The minimum atomic E-state index is -2.22. The summed E-state index contributed by atoms with van der Waals surface area (Å²) in [5.74, 6) is -12.9. The lowest BCUT2D eigenvalue weighted by atomic mass is 10.0. The van der Waals surface area contributed by atoms with Gasteiger partial charge in [-0.15, -0.1) is 0 Å². The third kappa shape index (κ3) is 2.30. The van der Waals surface area contributed by atoms with Crippen LogP contribution in [0.25, 0.3) is 31.9 Å². The molecule has 0 amide bonds. The van der Waals surface area contributed by atoms with Crippen LogP contribution < -0.4 is 10.4 Å². The van der Waals surface area contributed by atoms with Gasteiger partial charge in [0.25, 0.3) is 11.4 Å². The lowest BCUT2D eigenvalue weighted by molar-refractivity contribution is 0.471. The summed E-state index contributed by atoms with van der Waals surface area (Å²) < 4.78 is 85.5. The molecule has 0 N–H and O–H groups in total. The van der Waals surface area contributed by atoms with Gasteiger partial charge in [0, 0.05) is 0 Å². The van der Waals surface area contributed by atoms with E-state index in [1.54, 1.807) is 0 Å². The number of nitriles is 2. The number of halogens is 6. The van der Waals surface area contributed by atoms with Crippen LogP contribution in [0.2, 0.25) is 0 Å². The zero-order chi connectivity index (χ0) is 19.8. The van der Waals surface area contributed by atoms with Crippen molar-refractivity contribution in [2.24, 2.45) is 0 Å². The van der Waals surface area contributed by atoms with Gasteiger partial charge >= 0.3 is 0 Å². The lowest BCUT2D eigenvalue weighted by Gasteiger charge is -2.09. The standard InChI is InChI=1S/C16F6N4/c1-25-5(3-23)7-11(17)9-10(15(21)13(7)19)12(18)8(6(4-24)26-2)14(20)16(9)22. The minimum absolute atomic E-state index is 1.06. The number of hydrogen-bond donors (Lipinski definition) is 0. The second-order valence-electron chi connectivity index (χ2n) is 4.53. The second-order valence-corrected chi connectivity index (χ2v) is 4.53. The highest BCUT2D eigenvalue weighted by Crippen LogP contribution is 2.27. The molecule has 26 heavy (non-hydrogen) atoms. The number of benzene rings is 2. The molecule has 0 aliphatic rings. The Kier molecular flexibility index (Phi) is 4.56. The Morgan fingerprint density at radius 2 is 0.923 bits per heavy atom. The van der Waals surface area contributed by atoms with E-state index in [1.165, 1.54) is 0 Å². The summed E-state index contributed by atoms with van der Waals surface area (Å²) in [6, 6.07) is 2.11. The van der Waals surface area contributed by atoms with Crippen molar-refractivity contribution in [2.75, 3.05) is 0 Å². The molecule has 0 saturated heterocycles. The molecule has 0 saturated carbocycles. The van der Waals surface area contributed by atoms with Crippen molar-refractivity contribution in [3.8, 4) is 12.1 Å². The number of rotatable bonds is 0. The molecule has 10 heteroatoms. The van der Waals surface area contributed by atoms with Gasteiger partial charge in [0.05, 0.1) is 46.5 Å². The average molecular weight is 362 g/mol. The molecule has 0 aromatic heterocycles. The molecule has 0 atom stereocenters. The van der Waals surface area contributed by atoms with E-state index >= 15 is 0 Å². The van der Waals surface area contributed by atoms with E-state index in [0.717, 1.165) is 12.1 Å². The van der Waals surface area contributed by atoms with Crippen LogP contribution in [0.15, 0.2) is 0 Å². The molecular formula is C16F6N4. The van der Waals surface area contributed by atoms with Gasteiger partial charge in [0.1, 0.15) is 11.6 Å². The Morgan fingerprint density at radius 3 is 1.15 bits per heavy atom. The van der Waals surface area contributed by atoms with Crippen LogP contribution in [0.3, 0.4) is 0 Å². The fourth-order valence-corrected chi connectivity index (χ4v) is 2.20. The molecule has 4 nitrogen and oxygen atoms in total. The van der Waals surface area contributed by atoms with E-state index in [9.17, 15) is 26.3 Å². The first-order valence-electron chi connectivity index (χ1n) is 6.23. The van der Waals surface area contributed by atoms with Crippen molar-refractivity contribution >= 4 is 22.2 Å². The van der Waals surface area contributed by atoms with Crippen molar-refractivity contribution in [2.45, 2.75) is 0 Å². The molecule has 0 aliphatic carbocycles. The van der Waals surface area contributed by atoms with E-state index in [-0.39, 0.29) is 0 Å². The maximum atomic E-state index is 14.4. The zero-order valence-electron chi connectivity index (χ0n) is 12.1. The van der Waals surface area contributed by atoms with Crippen LogP contribution >= 0.6 is 0 Å². The normalized spacial score (nSPS) is 12.5. The monoisotopic (exact) mass is 362 g/mol. The van der Waals surface area contributed by atoms with Gasteiger partial charge in [-0.3, -0.25) is 0 Å². The molecule has 0 heterocycles. The average Bonchev–Trinajstić information content (AvgIpc) is 2.63. The largest absolute Gasteiger partial charge is 0.274 e. The van der Waals surface area contributed by atoms with Gasteiger partial charge in [0.2, 0.25) is 0 Å². The molecule has 0 unspecified atom stereocenters. The number of nitrogens with zero attached hydrogens (tertiary/aromatic N) is 4. The summed E-state index contributed by atoms with van der Waals surface area (Å²) in [5.41, 5.74) is -2.62. The van der Waals surface area contributed by atoms with Crippen LogP contribution in [0.5, 0.6) is 0 Å². The summed E-state index contributed by atoms with van der Waals surface area (Å²) in [5, 5.41) is 10.8. The van der Waals surface area contributed by atoms with E-state index < -0.39 is 67.5 Å². The van der Waals surface area contributed by atoms with Crippen molar-refractivity contribution in [1.29, 1.82) is 10.5 Å². The SMILES string of the molecule is [C-]#[N+]C(C#N)=c1c(F)c(F)c2c(F)c(=C(C#N)[N+]#[C-])c(F)c(F)c2c1F. The van der Waals surface area contributed by atoms with Crippen molar-refractivity contribution in [3.05, 3.63) is 68.2 Å². The van der Waals surface area contributed by atoms with E-state index in [1.807, 2.05) is 0 Å². The molecular weight excluding hydrogens is 362 g/mol. The number of hydrogen-bond acceptors (Lipinski definition) is 2. The second kappa shape index (κ2) is 6.47. The minimum Gasteiger partial charge on any atom is -0.226 e. The van der Waals surface area contributed by atoms with Gasteiger partial charge in [-0.2, -0.15) is 0 Å². The smallest absolute Gasteiger partial charge is 0.226 e. The van der Waals surface area contributed by atoms with Crippen LogP contribution in [0, 0.1) is 70.7 Å². The van der Waals surface area contributed by atoms with Crippen LogP contribution in [0.4, 0.5) is 26.3 Å². The molecule has 126 valence electrons. The molecule has 0 bridgehead atoms. The third-order valence-electron chi connectivity index (χ3n) is 3.30. The number of fused-ring (bicyclic) bond motifs is 1. The summed E-state index contributed by atoms with van der Waals surface area (Å²) in [6.07, 6.45) is 0. The Bertz CT molecular complexity index is 1150. The van der Waals surface area contributed by atoms with E-state index in [0.29, 0.717) is 0 Å². The molecule has 2 aromatic rings. The van der Waals surface area contributed by atoms with E-state index in [2.05, 4.69) is 9.69 Å². The van der Waals surface area contributed by atoms with Gasteiger partial charge in [-0.05, 0) is 0 Å². The van der Waals surface area contributed by atoms with Crippen LogP contribution in [-0.4, -0.2) is 0 Å². The molecule has 2 aromatic carbocycles. The van der Waals surface area contributed by atoms with Gasteiger partial charge < -0.3 is 0 Å². The Labute approximate surface area is 140 Å². The molecule has 0 aliphatic heterocycles.